The standard InChI is InChI=1S/C28H31N3O4/c1-3-31-27(33)30(20-22-6-4-7-24(18-22)34-2)26(32)28(31)13-15-29(16-14-28)19-21-9-11-23(12-10-21)25-8-5-17-35-25/h4-12,17-18H,3,13-16,19-20H2,1-2H3. The summed E-state index contributed by atoms with van der Waals surface area (Å²) in [4.78, 5) is 32.5. The van der Waals surface area contributed by atoms with Crippen LogP contribution >= 0.6 is 0 Å². The molecule has 1 spiro atoms. The third-order valence-corrected chi connectivity index (χ3v) is 7.26. The van der Waals surface area contributed by atoms with E-state index in [9.17, 15) is 9.59 Å². The molecule has 2 aromatic carbocycles. The van der Waals surface area contributed by atoms with Gasteiger partial charge in [-0.25, -0.2) is 4.79 Å². The van der Waals surface area contributed by atoms with Crippen LogP contribution < -0.4 is 4.74 Å². The minimum absolute atomic E-state index is 0.0744. The van der Waals surface area contributed by atoms with Gasteiger partial charge in [0.25, 0.3) is 5.91 Å². The van der Waals surface area contributed by atoms with E-state index in [2.05, 4.69) is 29.2 Å². The van der Waals surface area contributed by atoms with Gasteiger partial charge in [-0.1, -0.05) is 36.4 Å². The molecule has 0 unspecified atom stereocenters. The van der Waals surface area contributed by atoms with Crippen molar-refractivity contribution in [1.82, 2.24) is 14.7 Å². The van der Waals surface area contributed by atoms with Crippen molar-refractivity contribution in [3.8, 4) is 17.1 Å². The number of hydrogen-bond donors (Lipinski definition) is 0. The highest BCUT2D eigenvalue weighted by atomic mass is 16.5. The Labute approximate surface area is 205 Å². The van der Waals surface area contributed by atoms with Crippen LogP contribution in [0.3, 0.4) is 0 Å². The van der Waals surface area contributed by atoms with Crippen LogP contribution in [-0.4, -0.2) is 58.9 Å². The van der Waals surface area contributed by atoms with E-state index in [0.717, 1.165) is 36.5 Å². The lowest BCUT2D eigenvalue weighted by Crippen LogP contribution is -2.56. The van der Waals surface area contributed by atoms with Crippen LogP contribution in [0.4, 0.5) is 4.79 Å². The molecule has 0 aliphatic carbocycles. The van der Waals surface area contributed by atoms with E-state index in [1.807, 2.05) is 43.3 Å². The predicted octanol–water partition coefficient (Wildman–Crippen LogP) is 4.77. The largest absolute Gasteiger partial charge is 0.497 e. The van der Waals surface area contributed by atoms with Gasteiger partial charge in [-0.2, -0.15) is 0 Å². The monoisotopic (exact) mass is 473 g/mol. The molecular formula is C28H31N3O4. The number of hydrogen-bond acceptors (Lipinski definition) is 5. The molecule has 0 N–H and O–H groups in total. The molecule has 35 heavy (non-hydrogen) atoms. The number of imide groups is 1. The van der Waals surface area contributed by atoms with E-state index < -0.39 is 5.54 Å². The number of methoxy groups -OCH3 is 1. The zero-order valence-electron chi connectivity index (χ0n) is 20.3. The van der Waals surface area contributed by atoms with E-state index in [0.29, 0.717) is 25.1 Å². The number of carbonyl (C=O) groups is 2. The number of piperidine rings is 1. The first-order valence-electron chi connectivity index (χ1n) is 12.2. The molecule has 2 aliphatic rings. The molecule has 3 heterocycles. The summed E-state index contributed by atoms with van der Waals surface area (Å²) in [5.74, 6) is 1.50. The summed E-state index contributed by atoms with van der Waals surface area (Å²) >= 11 is 0. The second-order valence-electron chi connectivity index (χ2n) is 9.25. The summed E-state index contributed by atoms with van der Waals surface area (Å²) < 4.78 is 10.8. The van der Waals surface area contributed by atoms with Crippen LogP contribution in [-0.2, 0) is 17.9 Å². The highest BCUT2D eigenvalue weighted by molar-refractivity contribution is 6.07. The fourth-order valence-electron chi connectivity index (χ4n) is 5.35. The second-order valence-corrected chi connectivity index (χ2v) is 9.25. The fraction of sp³-hybridized carbons (Fsp3) is 0.357. The highest BCUT2D eigenvalue weighted by Crippen LogP contribution is 2.38. The summed E-state index contributed by atoms with van der Waals surface area (Å²) in [5, 5.41) is 0. The number of nitrogens with zero attached hydrogens (tertiary/aromatic N) is 3. The van der Waals surface area contributed by atoms with Gasteiger partial charge in [0.2, 0.25) is 0 Å². The Morgan fingerprint density at radius 3 is 2.37 bits per heavy atom. The molecule has 2 aliphatic heterocycles. The number of carbonyl (C=O) groups excluding carboxylic acids is 2. The number of rotatable bonds is 7. The summed E-state index contributed by atoms with van der Waals surface area (Å²) in [6.07, 6.45) is 2.97. The van der Waals surface area contributed by atoms with Crippen LogP contribution in [0.15, 0.2) is 71.3 Å². The zero-order valence-corrected chi connectivity index (χ0v) is 20.3. The summed E-state index contributed by atoms with van der Waals surface area (Å²) in [5.41, 5.74) is 2.41. The van der Waals surface area contributed by atoms with Gasteiger partial charge < -0.3 is 14.1 Å². The lowest BCUT2D eigenvalue weighted by Gasteiger charge is -2.42. The predicted molar refractivity (Wildman–Crippen MR) is 133 cm³/mol. The Hall–Kier alpha value is -3.58. The van der Waals surface area contributed by atoms with Crippen molar-refractivity contribution in [3.63, 3.8) is 0 Å². The number of likely N-dealkylation sites (N-methyl/N-ethyl adjacent to an activating group) is 1. The van der Waals surface area contributed by atoms with Gasteiger partial charge in [0.05, 0.1) is 19.9 Å². The molecule has 2 saturated heterocycles. The van der Waals surface area contributed by atoms with E-state index in [1.54, 1.807) is 18.3 Å². The number of likely N-dealkylation sites (tertiary alicyclic amines) is 1. The first kappa shape index (κ1) is 23.2. The summed E-state index contributed by atoms with van der Waals surface area (Å²) in [7, 11) is 1.61. The van der Waals surface area contributed by atoms with E-state index in [4.69, 9.17) is 9.15 Å². The third-order valence-electron chi connectivity index (χ3n) is 7.26. The van der Waals surface area contributed by atoms with Crippen molar-refractivity contribution < 1.29 is 18.7 Å². The first-order chi connectivity index (χ1) is 17.0. The van der Waals surface area contributed by atoms with Crippen LogP contribution in [0.25, 0.3) is 11.3 Å². The average molecular weight is 474 g/mol. The minimum atomic E-state index is -0.746. The zero-order chi connectivity index (χ0) is 24.4. The quantitative estimate of drug-likeness (QED) is 0.463. The molecule has 1 aromatic heterocycles. The molecule has 0 saturated carbocycles. The highest BCUT2D eigenvalue weighted by Gasteiger charge is 2.57. The van der Waals surface area contributed by atoms with Crippen LogP contribution in [0, 0.1) is 0 Å². The number of ether oxygens (including phenoxy) is 1. The van der Waals surface area contributed by atoms with Crippen LogP contribution in [0.2, 0.25) is 0 Å². The maximum absolute atomic E-state index is 13.6. The topological polar surface area (TPSA) is 66.2 Å². The summed E-state index contributed by atoms with van der Waals surface area (Å²) in [6.45, 7) is 5.09. The van der Waals surface area contributed by atoms with E-state index in [1.165, 1.54) is 10.5 Å². The van der Waals surface area contributed by atoms with Crippen molar-refractivity contribution in [2.75, 3.05) is 26.7 Å². The molecule has 3 amide bonds. The maximum Gasteiger partial charge on any atom is 0.327 e. The van der Waals surface area contributed by atoms with Gasteiger partial charge in [0, 0.05) is 31.7 Å². The lowest BCUT2D eigenvalue weighted by atomic mass is 9.85. The molecule has 2 fully saturated rings. The smallest absolute Gasteiger partial charge is 0.327 e. The molecule has 0 radical (unpaired) electrons. The van der Waals surface area contributed by atoms with E-state index in [-0.39, 0.29) is 18.5 Å². The van der Waals surface area contributed by atoms with Gasteiger partial charge in [-0.05, 0) is 55.2 Å². The molecule has 7 nitrogen and oxygen atoms in total. The van der Waals surface area contributed by atoms with Crippen LogP contribution in [0.5, 0.6) is 5.75 Å². The van der Waals surface area contributed by atoms with Crippen LogP contribution in [0.1, 0.15) is 30.9 Å². The molecule has 7 heteroatoms. The van der Waals surface area contributed by atoms with Crippen molar-refractivity contribution in [2.45, 2.75) is 38.4 Å². The molecule has 3 aromatic rings. The lowest BCUT2D eigenvalue weighted by molar-refractivity contribution is -0.136. The Bertz CT molecular complexity index is 1180. The number of benzene rings is 2. The first-order valence-corrected chi connectivity index (χ1v) is 12.2. The van der Waals surface area contributed by atoms with Gasteiger partial charge in [0.15, 0.2) is 0 Å². The molecule has 0 bridgehead atoms. The van der Waals surface area contributed by atoms with Gasteiger partial charge in [-0.3, -0.25) is 14.6 Å². The summed E-state index contributed by atoms with van der Waals surface area (Å²) in [6, 6.07) is 19.6. The molecule has 5 rings (SSSR count). The van der Waals surface area contributed by atoms with Crippen molar-refractivity contribution in [1.29, 1.82) is 0 Å². The van der Waals surface area contributed by atoms with E-state index >= 15 is 0 Å². The average Bonchev–Trinajstić information content (AvgIpc) is 3.49. The maximum atomic E-state index is 13.6. The number of furan rings is 1. The normalized spacial score (nSPS) is 18.0. The molecular weight excluding hydrogens is 442 g/mol. The fourth-order valence-corrected chi connectivity index (χ4v) is 5.35. The number of urea groups is 1. The Morgan fingerprint density at radius 2 is 1.71 bits per heavy atom. The van der Waals surface area contributed by atoms with Gasteiger partial charge in [-0.15, -0.1) is 0 Å². The van der Waals surface area contributed by atoms with Crippen molar-refractivity contribution in [2.24, 2.45) is 0 Å². The molecule has 0 atom stereocenters. The molecule has 182 valence electrons. The Balaban J connectivity index is 1.26. The second kappa shape index (κ2) is 9.58. The number of amides is 3. The Morgan fingerprint density at radius 1 is 0.943 bits per heavy atom. The van der Waals surface area contributed by atoms with Crippen molar-refractivity contribution in [3.05, 3.63) is 78.1 Å². The third kappa shape index (κ3) is 4.32. The van der Waals surface area contributed by atoms with Crippen molar-refractivity contribution >= 4 is 11.9 Å². The SMILES string of the molecule is CCN1C(=O)N(Cc2cccc(OC)c2)C(=O)C12CCN(Cc1ccc(-c3ccco3)cc1)CC2. The van der Waals surface area contributed by atoms with Gasteiger partial charge >= 0.3 is 6.03 Å². The Kier molecular flexibility index (Phi) is 6.34. The minimum Gasteiger partial charge on any atom is -0.497 e. The van der Waals surface area contributed by atoms with Gasteiger partial charge in [0.1, 0.15) is 17.0 Å².